The minimum absolute atomic E-state index is 0.138. The normalized spacial score (nSPS) is 22.4. The number of amides is 2. The van der Waals surface area contributed by atoms with E-state index in [4.69, 9.17) is 30.5 Å². The third kappa shape index (κ3) is 15.7. The lowest BCUT2D eigenvalue weighted by Crippen LogP contribution is -2.48. The summed E-state index contributed by atoms with van der Waals surface area (Å²) in [4.78, 5) is 83.8. The minimum Gasteiger partial charge on any atom is -0.457 e. The number of nitrogens with zero attached hydrogens (tertiary/aromatic N) is 2. The number of ketones is 1. The van der Waals surface area contributed by atoms with E-state index in [-0.39, 0.29) is 48.0 Å². The van der Waals surface area contributed by atoms with E-state index in [1.165, 1.54) is 29.2 Å². The molecule has 5 atom stereocenters. The lowest BCUT2D eigenvalue weighted by molar-refractivity contribution is -0.157. The molecule has 368 valence electrons. The van der Waals surface area contributed by atoms with Crippen molar-refractivity contribution in [3.63, 3.8) is 0 Å². The molecule has 0 radical (unpaired) electrons. The summed E-state index contributed by atoms with van der Waals surface area (Å²) in [5.41, 5.74) is 1.65. The van der Waals surface area contributed by atoms with Gasteiger partial charge in [-0.2, -0.15) is 0 Å². The zero-order valence-corrected chi connectivity index (χ0v) is 41.7. The summed E-state index contributed by atoms with van der Waals surface area (Å²) in [6.07, 6.45) is 11.9. The number of esters is 2. The molecule has 1 aromatic heterocycles. The van der Waals surface area contributed by atoms with Gasteiger partial charge in [-0.1, -0.05) is 86.9 Å². The Morgan fingerprint density at radius 2 is 1.68 bits per heavy atom. The number of aliphatic hydroxyl groups is 1. The van der Waals surface area contributed by atoms with E-state index >= 15 is 0 Å². The highest BCUT2D eigenvalue weighted by Gasteiger charge is 2.46. The number of aliphatic hydroxyl groups excluding tert-OH is 1. The van der Waals surface area contributed by atoms with Crippen molar-refractivity contribution in [2.75, 3.05) is 6.54 Å². The van der Waals surface area contributed by atoms with Crippen LogP contribution in [-0.4, -0.2) is 69.4 Å². The number of halogens is 1. The highest BCUT2D eigenvalue weighted by Crippen LogP contribution is 2.37. The molecule has 3 aromatic rings. The first-order chi connectivity index (χ1) is 32.5. The Morgan fingerprint density at radius 1 is 0.985 bits per heavy atom. The Balaban J connectivity index is 1.17. The molecule has 0 unspecified atom stereocenters. The van der Waals surface area contributed by atoms with E-state index in [1.807, 2.05) is 39.0 Å². The molecule has 5 rings (SSSR count). The SMILES string of the molecule is C=CC[C@H]1C(=O)C(C)(C)[C@@H](OC(=O)OCc2ccc(OC(=O)CCCCCCCCCCN3C(=O)C=CC3=O)c(Cl)c2)CC(=O)O[C@H](c2ccc3sc(C)nc3c2)C/C=C(/C)CCC[C@H](C)[C@@H]1O. The van der Waals surface area contributed by atoms with Gasteiger partial charge < -0.3 is 24.1 Å². The molecule has 0 aliphatic carbocycles. The Morgan fingerprint density at radius 3 is 2.37 bits per heavy atom. The maximum Gasteiger partial charge on any atom is 0.508 e. The van der Waals surface area contributed by atoms with Gasteiger partial charge in [0, 0.05) is 37.5 Å². The van der Waals surface area contributed by atoms with E-state index in [2.05, 4.69) is 17.6 Å². The topological polar surface area (TPSA) is 176 Å². The average Bonchev–Trinajstić information content (AvgIpc) is 3.84. The Kier molecular flexibility index (Phi) is 20.5. The molecule has 0 spiro atoms. The van der Waals surface area contributed by atoms with Gasteiger partial charge >= 0.3 is 18.1 Å². The fraction of sp³-hybridized carbons (Fsp3) is 0.528. The molecule has 3 heterocycles. The summed E-state index contributed by atoms with van der Waals surface area (Å²) < 4.78 is 24.1. The predicted octanol–water partition coefficient (Wildman–Crippen LogP) is 11.6. The summed E-state index contributed by atoms with van der Waals surface area (Å²) in [5, 5.41) is 12.6. The number of aryl methyl sites for hydroxylation is 1. The third-order valence-corrected chi connectivity index (χ3v) is 14.1. The predicted molar refractivity (Wildman–Crippen MR) is 262 cm³/mol. The Hall–Kier alpha value is -5.18. The first-order valence-electron chi connectivity index (χ1n) is 23.9. The van der Waals surface area contributed by atoms with Crippen LogP contribution in [0.2, 0.25) is 5.02 Å². The van der Waals surface area contributed by atoms with Crippen LogP contribution < -0.4 is 4.74 Å². The van der Waals surface area contributed by atoms with Gasteiger partial charge in [-0.25, -0.2) is 9.78 Å². The Labute approximate surface area is 409 Å². The maximum absolute atomic E-state index is 14.5. The number of aromatic nitrogens is 1. The molecule has 15 heteroatoms. The molecule has 2 aliphatic rings. The monoisotopic (exact) mass is 974 g/mol. The summed E-state index contributed by atoms with van der Waals surface area (Å²) in [5.74, 6) is -2.94. The molecule has 2 aliphatic heterocycles. The summed E-state index contributed by atoms with van der Waals surface area (Å²) in [6.45, 7) is 13.1. The lowest BCUT2D eigenvalue weighted by atomic mass is 9.71. The van der Waals surface area contributed by atoms with Crippen LogP contribution in [0.1, 0.15) is 146 Å². The van der Waals surface area contributed by atoms with Crippen molar-refractivity contribution >= 4 is 68.8 Å². The second kappa shape index (κ2) is 26.0. The highest BCUT2D eigenvalue weighted by atomic mass is 35.5. The quantitative estimate of drug-likeness (QED) is 0.0420. The van der Waals surface area contributed by atoms with Gasteiger partial charge in [-0.3, -0.25) is 28.9 Å². The van der Waals surface area contributed by atoms with Gasteiger partial charge in [0.2, 0.25) is 0 Å². The molecule has 13 nitrogen and oxygen atoms in total. The lowest BCUT2D eigenvalue weighted by Gasteiger charge is -2.37. The fourth-order valence-electron chi connectivity index (χ4n) is 8.65. The Bertz CT molecular complexity index is 2320. The van der Waals surface area contributed by atoms with Crippen LogP contribution in [0.15, 0.2) is 72.9 Å². The number of carbonyl (C=O) groups excluding carboxylic acids is 6. The van der Waals surface area contributed by atoms with E-state index in [0.717, 1.165) is 84.1 Å². The van der Waals surface area contributed by atoms with Gasteiger partial charge in [0.25, 0.3) is 11.8 Å². The summed E-state index contributed by atoms with van der Waals surface area (Å²) >= 11 is 8.07. The molecular formula is C53H67ClN2O11S. The van der Waals surface area contributed by atoms with Crippen LogP contribution in [0.3, 0.4) is 0 Å². The molecule has 0 saturated carbocycles. The first-order valence-corrected chi connectivity index (χ1v) is 25.1. The number of hydrogen-bond donors (Lipinski definition) is 1. The van der Waals surface area contributed by atoms with Gasteiger partial charge in [0.05, 0.1) is 38.2 Å². The van der Waals surface area contributed by atoms with Crippen molar-refractivity contribution in [1.82, 2.24) is 9.88 Å². The van der Waals surface area contributed by atoms with Crippen molar-refractivity contribution in [3.05, 3.63) is 94.0 Å². The number of benzene rings is 2. The van der Waals surface area contributed by atoms with Gasteiger partial charge in [-0.05, 0) is 108 Å². The zero-order valence-electron chi connectivity index (χ0n) is 40.1. The molecular weight excluding hydrogens is 908 g/mol. The molecule has 0 fully saturated rings. The number of ether oxygens (including phenoxy) is 4. The largest absolute Gasteiger partial charge is 0.508 e. The number of fused-ring (bicyclic) bond motifs is 1. The first kappa shape index (κ1) is 53.8. The maximum atomic E-state index is 14.5. The van der Waals surface area contributed by atoms with E-state index < -0.39 is 59.9 Å². The highest BCUT2D eigenvalue weighted by molar-refractivity contribution is 7.18. The van der Waals surface area contributed by atoms with Crippen LogP contribution >= 0.6 is 22.9 Å². The number of Topliss-reactive ketones (excluding diaryl/α,β-unsaturated/α-hetero) is 1. The smallest absolute Gasteiger partial charge is 0.457 e. The van der Waals surface area contributed by atoms with E-state index in [1.54, 1.807) is 37.3 Å². The number of carbonyl (C=O) groups is 6. The molecule has 0 saturated heterocycles. The summed E-state index contributed by atoms with van der Waals surface area (Å²) in [7, 11) is 0. The van der Waals surface area contributed by atoms with Crippen LogP contribution in [0, 0.1) is 24.2 Å². The van der Waals surface area contributed by atoms with E-state index in [9.17, 15) is 33.9 Å². The van der Waals surface area contributed by atoms with E-state index in [0.29, 0.717) is 31.4 Å². The number of cyclic esters (lactones) is 1. The van der Waals surface area contributed by atoms with Gasteiger partial charge in [-0.15, -0.1) is 17.9 Å². The molecule has 0 bridgehead atoms. The van der Waals surface area contributed by atoms with Crippen molar-refractivity contribution in [1.29, 1.82) is 0 Å². The van der Waals surface area contributed by atoms with Gasteiger partial charge in [0.1, 0.15) is 30.3 Å². The number of imide groups is 1. The molecule has 2 aromatic carbocycles. The number of unbranched alkanes of at least 4 members (excludes halogenated alkanes) is 7. The zero-order chi connectivity index (χ0) is 49.4. The average molecular weight is 976 g/mol. The number of rotatable bonds is 18. The van der Waals surface area contributed by atoms with Crippen LogP contribution in [0.4, 0.5) is 4.79 Å². The van der Waals surface area contributed by atoms with Crippen molar-refractivity contribution in [2.24, 2.45) is 17.3 Å². The molecule has 68 heavy (non-hydrogen) atoms. The number of hydrogen-bond acceptors (Lipinski definition) is 13. The second-order valence-electron chi connectivity index (χ2n) is 18.6. The van der Waals surface area contributed by atoms with Crippen molar-refractivity contribution in [2.45, 2.75) is 156 Å². The fourth-order valence-corrected chi connectivity index (χ4v) is 9.70. The van der Waals surface area contributed by atoms with Crippen molar-refractivity contribution in [3.8, 4) is 5.75 Å². The number of allylic oxidation sites excluding steroid dienone is 2. The van der Waals surface area contributed by atoms with Crippen molar-refractivity contribution < 1.29 is 52.8 Å². The third-order valence-electron chi connectivity index (χ3n) is 12.8. The van der Waals surface area contributed by atoms with Crippen LogP contribution in [0.25, 0.3) is 10.2 Å². The standard InChI is InChI=1S/C53H67ClN2O11S/c1-7-17-39-50(61)35(3)19-16-18-34(2)21-24-42(38-23-26-44-41(31-38)55-36(4)68-44)65-49(60)32-45(53(5,6)51(39)62)67-52(63)64-33-37-22-25-43(40(54)30-37)66-48(59)20-14-12-10-8-9-11-13-15-29-56-46(57)27-28-47(56)58/h7,21-23,25-28,30-31,35,39,42,45,50,61H,1,8-20,24,29,32-33H2,2-6H3/b34-21-/t35-,39+,42-,45-,50-/m0/s1. The summed E-state index contributed by atoms with van der Waals surface area (Å²) in [6, 6.07) is 10.4. The number of thiazole rings is 1. The second-order valence-corrected chi connectivity index (χ2v) is 20.3. The molecule has 1 N–H and O–H groups in total. The van der Waals surface area contributed by atoms with Crippen LogP contribution in [0.5, 0.6) is 5.75 Å². The van der Waals surface area contributed by atoms with Gasteiger partial charge in [0.15, 0.2) is 0 Å². The minimum atomic E-state index is -1.48. The van der Waals surface area contributed by atoms with Crippen LogP contribution in [-0.2, 0) is 44.8 Å². The molecule has 2 amide bonds.